The van der Waals surface area contributed by atoms with Gasteiger partial charge in [-0.25, -0.2) is 0 Å². The summed E-state index contributed by atoms with van der Waals surface area (Å²) in [5.41, 5.74) is 7.20. The molecule has 0 aliphatic heterocycles. The molecule has 98 valence electrons. The van der Waals surface area contributed by atoms with Crippen LogP contribution in [0.1, 0.15) is 25.0 Å². The first-order valence-corrected chi connectivity index (χ1v) is 6.03. The molecule has 0 saturated carbocycles. The van der Waals surface area contributed by atoms with Crippen molar-refractivity contribution in [3.05, 3.63) is 35.4 Å². The highest BCUT2D eigenvalue weighted by Gasteiger charge is 2.14. The number of rotatable bonds is 4. The molecule has 0 unspecified atom stereocenters. The van der Waals surface area contributed by atoms with Gasteiger partial charge in [-0.1, -0.05) is 38.1 Å². The fourth-order valence-electron chi connectivity index (χ4n) is 1.79. The number of nitrogens with zero attached hydrogens (tertiary/aromatic N) is 1. The molecule has 2 N–H and O–H groups in total. The van der Waals surface area contributed by atoms with E-state index in [4.69, 9.17) is 5.73 Å². The molecule has 0 aliphatic rings. The van der Waals surface area contributed by atoms with Crippen molar-refractivity contribution in [2.24, 2.45) is 11.7 Å². The number of carbonyl (C=O) groups excluding carboxylic acids is 2. The first kappa shape index (κ1) is 14.2. The number of primary amides is 1. The minimum atomic E-state index is -0.922. The Bertz CT molecular complexity index is 424. The Balaban J connectivity index is 2.63. The molecule has 2 amide bonds. The van der Waals surface area contributed by atoms with Gasteiger partial charge in [0.15, 0.2) is 0 Å². The maximum Gasteiger partial charge on any atom is 0.311 e. The lowest BCUT2D eigenvalue weighted by molar-refractivity contribution is -0.143. The van der Waals surface area contributed by atoms with Crippen molar-refractivity contribution >= 4 is 11.8 Å². The van der Waals surface area contributed by atoms with Gasteiger partial charge in [-0.2, -0.15) is 0 Å². The number of amides is 2. The van der Waals surface area contributed by atoms with Crippen molar-refractivity contribution in [1.82, 2.24) is 4.90 Å². The molecule has 18 heavy (non-hydrogen) atoms. The normalized spacial score (nSPS) is 10.4. The summed E-state index contributed by atoms with van der Waals surface area (Å²) in [4.78, 5) is 23.4. The average Bonchev–Trinajstić information content (AvgIpc) is 2.29. The molecule has 0 heterocycles. The molecule has 1 rings (SSSR count). The van der Waals surface area contributed by atoms with Crippen molar-refractivity contribution < 1.29 is 9.59 Å². The number of carbonyl (C=O) groups is 2. The van der Waals surface area contributed by atoms with Crippen LogP contribution in [-0.4, -0.2) is 23.8 Å². The molecular weight excluding hydrogens is 228 g/mol. The third-order valence-electron chi connectivity index (χ3n) is 2.64. The zero-order chi connectivity index (χ0) is 13.7. The molecule has 0 spiro atoms. The van der Waals surface area contributed by atoms with Crippen molar-refractivity contribution in [3.63, 3.8) is 0 Å². The Kier molecular flexibility index (Phi) is 4.89. The second-order valence-electron chi connectivity index (χ2n) is 4.94. The van der Waals surface area contributed by atoms with Gasteiger partial charge in [0.1, 0.15) is 0 Å². The Morgan fingerprint density at radius 2 is 1.67 bits per heavy atom. The van der Waals surface area contributed by atoms with Crippen molar-refractivity contribution in [2.75, 3.05) is 7.05 Å². The van der Waals surface area contributed by atoms with Crippen molar-refractivity contribution in [1.29, 1.82) is 0 Å². The summed E-state index contributed by atoms with van der Waals surface area (Å²) in [6, 6.07) is 8.06. The van der Waals surface area contributed by atoms with Crippen LogP contribution in [0, 0.1) is 5.92 Å². The second-order valence-corrected chi connectivity index (χ2v) is 4.94. The van der Waals surface area contributed by atoms with Gasteiger partial charge < -0.3 is 10.6 Å². The monoisotopic (exact) mass is 248 g/mol. The van der Waals surface area contributed by atoms with Crippen LogP contribution in [0.15, 0.2) is 24.3 Å². The van der Waals surface area contributed by atoms with Gasteiger partial charge in [0.2, 0.25) is 0 Å². The topological polar surface area (TPSA) is 63.4 Å². The smallest absolute Gasteiger partial charge is 0.311 e. The average molecular weight is 248 g/mol. The molecule has 0 aromatic heterocycles. The molecular formula is C14H20N2O2. The zero-order valence-corrected chi connectivity index (χ0v) is 11.1. The standard InChI is InChI=1S/C14H20N2O2/c1-10(2)8-11-4-6-12(7-5-11)9-16(3)14(18)13(15)17/h4-7,10H,8-9H2,1-3H3,(H2,15,17). The number of nitrogens with two attached hydrogens (primary N) is 1. The van der Waals surface area contributed by atoms with Gasteiger partial charge in [-0.05, 0) is 23.5 Å². The molecule has 0 radical (unpaired) electrons. The lowest BCUT2D eigenvalue weighted by Gasteiger charge is -2.15. The predicted octanol–water partition coefficient (Wildman–Crippen LogP) is 1.33. The van der Waals surface area contributed by atoms with Crippen LogP contribution in [0.3, 0.4) is 0 Å². The van der Waals surface area contributed by atoms with E-state index in [1.165, 1.54) is 10.5 Å². The molecule has 0 atom stereocenters. The molecule has 0 fully saturated rings. The van der Waals surface area contributed by atoms with Crippen LogP contribution in [0.25, 0.3) is 0 Å². The summed E-state index contributed by atoms with van der Waals surface area (Å²) >= 11 is 0. The lowest BCUT2D eigenvalue weighted by Crippen LogP contribution is -2.37. The minimum absolute atomic E-state index is 0.393. The molecule has 1 aromatic rings. The van der Waals surface area contributed by atoms with Gasteiger partial charge in [0.25, 0.3) is 0 Å². The van der Waals surface area contributed by atoms with E-state index in [0.29, 0.717) is 12.5 Å². The predicted molar refractivity (Wildman–Crippen MR) is 70.7 cm³/mol. The van der Waals surface area contributed by atoms with Crippen molar-refractivity contribution in [3.8, 4) is 0 Å². The Morgan fingerprint density at radius 3 is 2.11 bits per heavy atom. The maximum absolute atomic E-state index is 11.3. The highest BCUT2D eigenvalue weighted by atomic mass is 16.2. The highest BCUT2D eigenvalue weighted by molar-refractivity contribution is 6.34. The Morgan fingerprint density at radius 1 is 1.17 bits per heavy atom. The third kappa shape index (κ3) is 4.20. The van der Waals surface area contributed by atoms with E-state index in [-0.39, 0.29) is 0 Å². The number of hydrogen-bond acceptors (Lipinski definition) is 2. The van der Waals surface area contributed by atoms with E-state index >= 15 is 0 Å². The fourth-order valence-corrected chi connectivity index (χ4v) is 1.79. The fraction of sp³-hybridized carbons (Fsp3) is 0.429. The summed E-state index contributed by atoms with van der Waals surface area (Å²) < 4.78 is 0. The van der Waals surface area contributed by atoms with Crippen LogP contribution in [0.4, 0.5) is 0 Å². The molecule has 0 aliphatic carbocycles. The molecule has 0 bridgehead atoms. The van der Waals surface area contributed by atoms with Gasteiger partial charge in [0, 0.05) is 13.6 Å². The summed E-state index contributed by atoms with van der Waals surface area (Å²) in [5, 5.41) is 0. The third-order valence-corrected chi connectivity index (χ3v) is 2.64. The molecule has 4 nitrogen and oxygen atoms in total. The van der Waals surface area contributed by atoms with Gasteiger partial charge in [-0.3, -0.25) is 9.59 Å². The SMILES string of the molecule is CC(C)Cc1ccc(CN(C)C(=O)C(N)=O)cc1. The van der Waals surface area contributed by atoms with Crippen LogP contribution >= 0.6 is 0 Å². The summed E-state index contributed by atoms with van der Waals surface area (Å²) in [6.45, 7) is 4.74. The number of benzene rings is 1. The van der Waals surface area contributed by atoms with Crippen molar-refractivity contribution in [2.45, 2.75) is 26.8 Å². The minimum Gasteiger partial charge on any atom is -0.361 e. The van der Waals surface area contributed by atoms with E-state index < -0.39 is 11.8 Å². The van der Waals surface area contributed by atoms with Gasteiger partial charge in [0.05, 0.1) is 0 Å². The van der Waals surface area contributed by atoms with Crippen LogP contribution in [0.2, 0.25) is 0 Å². The first-order valence-electron chi connectivity index (χ1n) is 6.03. The number of likely N-dealkylation sites (N-methyl/N-ethyl adjacent to an activating group) is 1. The first-order chi connectivity index (χ1) is 8.40. The highest BCUT2D eigenvalue weighted by Crippen LogP contribution is 2.11. The second kappa shape index (κ2) is 6.19. The van der Waals surface area contributed by atoms with Crippen LogP contribution < -0.4 is 5.73 Å². The van der Waals surface area contributed by atoms with E-state index in [1.54, 1.807) is 7.05 Å². The van der Waals surface area contributed by atoms with E-state index in [1.807, 2.05) is 12.1 Å². The summed E-state index contributed by atoms with van der Waals surface area (Å²) in [6.07, 6.45) is 1.04. The largest absolute Gasteiger partial charge is 0.361 e. The van der Waals surface area contributed by atoms with E-state index in [0.717, 1.165) is 12.0 Å². The molecule has 1 aromatic carbocycles. The van der Waals surface area contributed by atoms with E-state index in [9.17, 15) is 9.59 Å². The zero-order valence-electron chi connectivity index (χ0n) is 11.1. The molecule has 4 heteroatoms. The quantitative estimate of drug-likeness (QED) is 0.817. The van der Waals surface area contributed by atoms with Gasteiger partial charge >= 0.3 is 11.8 Å². The van der Waals surface area contributed by atoms with Crippen LogP contribution in [-0.2, 0) is 22.6 Å². The Hall–Kier alpha value is -1.84. The Labute approximate surface area is 108 Å². The van der Waals surface area contributed by atoms with E-state index in [2.05, 4.69) is 26.0 Å². The maximum atomic E-state index is 11.3. The van der Waals surface area contributed by atoms with Gasteiger partial charge in [-0.15, -0.1) is 0 Å². The molecule has 0 saturated heterocycles. The summed E-state index contributed by atoms with van der Waals surface area (Å²) in [7, 11) is 1.56. The lowest BCUT2D eigenvalue weighted by atomic mass is 10.0. The summed E-state index contributed by atoms with van der Waals surface area (Å²) in [5.74, 6) is -0.967. The van der Waals surface area contributed by atoms with Crippen LogP contribution in [0.5, 0.6) is 0 Å². The number of hydrogen-bond donors (Lipinski definition) is 1.